The maximum atomic E-state index is 12.9. The van der Waals surface area contributed by atoms with Gasteiger partial charge in [0.25, 0.3) is 5.91 Å². The summed E-state index contributed by atoms with van der Waals surface area (Å²) in [6.45, 7) is 0.210. The number of aromatic nitrogens is 1. The number of amides is 1. The predicted octanol–water partition coefficient (Wildman–Crippen LogP) is 1.33. The number of nitrogen functional groups attached to an aromatic ring is 1. The highest BCUT2D eigenvalue weighted by atomic mass is 19.1. The van der Waals surface area contributed by atoms with Gasteiger partial charge in [0.2, 0.25) is 0 Å². The van der Waals surface area contributed by atoms with Gasteiger partial charge in [0.1, 0.15) is 17.4 Å². The van der Waals surface area contributed by atoms with Crippen LogP contribution in [0.4, 0.5) is 10.2 Å². The van der Waals surface area contributed by atoms with Crippen molar-refractivity contribution in [2.75, 3.05) is 5.73 Å². The highest BCUT2D eigenvalue weighted by molar-refractivity contribution is 5.98. The Morgan fingerprint density at radius 2 is 2.41 bits per heavy atom. The molecule has 0 atom stereocenters. The van der Waals surface area contributed by atoms with E-state index in [4.69, 9.17) is 10.2 Å². The molecule has 2 rings (SSSR count). The van der Waals surface area contributed by atoms with E-state index < -0.39 is 11.7 Å². The number of hydrogen-bond donors (Lipinski definition) is 2. The van der Waals surface area contributed by atoms with Gasteiger partial charge < -0.3 is 15.5 Å². The monoisotopic (exact) mass is 235 g/mol. The van der Waals surface area contributed by atoms with Crippen LogP contribution < -0.4 is 11.1 Å². The second kappa shape index (κ2) is 4.65. The predicted molar refractivity (Wildman–Crippen MR) is 58.5 cm³/mol. The maximum Gasteiger partial charge on any atom is 0.255 e. The van der Waals surface area contributed by atoms with Gasteiger partial charge >= 0.3 is 0 Å². The second-order valence-corrected chi connectivity index (χ2v) is 3.35. The van der Waals surface area contributed by atoms with Crippen LogP contribution in [0.2, 0.25) is 0 Å². The molecule has 0 aliphatic heterocycles. The number of nitrogens with one attached hydrogen (secondary N) is 1. The summed E-state index contributed by atoms with van der Waals surface area (Å²) < 4.78 is 17.9. The summed E-state index contributed by atoms with van der Waals surface area (Å²) in [7, 11) is 0. The lowest BCUT2D eigenvalue weighted by atomic mass is 10.2. The number of nitrogens with zero attached hydrogens (tertiary/aromatic N) is 1. The zero-order chi connectivity index (χ0) is 12.3. The molecule has 5 nitrogen and oxygen atoms in total. The van der Waals surface area contributed by atoms with E-state index in [-0.39, 0.29) is 17.9 Å². The highest BCUT2D eigenvalue weighted by Crippen LogP contribution is 2.10. The largest absolute Gasteiger partial charge is 0.467 e. The molecule has 0 aromatic carbocycles. The Morgan fingerprint density at radius 3 is 3.12 bits per heavy atom. The fourth-order valence-electron chi connectivity index (χ4n) is 1.31. The summed E-state index contributed by atoms with van der Waals surface area (Å²) >= 11 is 0. The second-order valence-electron chi connectivity index (χ2n) is 3.35. The van der Waals surface area contributed by atoms with Crippen molar-refractivity contribution >= 4 is 11.7 Å². The van der Waals surface area contributed by atoms with Gasteiger partial charge in [0.05, 0.1) is 24.6 Å². The van der Waals surface area contributed by atoms with Crippen molar-refractivity contribution in [3.05, 3.63) is 47.8 Å². The minimum Gasteiger partial charge on any atom is -0.467 e. The Balaban J connectivity index is 2.07. The van der Waals surface area contributed by atoms with Crippen LogP contribution in [0.15, 0.2) is 35.1 Å². The van der Waals surface area contributed by atoms with Crippen LogP contribution in [0.5, 0.6) is 0 Å². The Kier molecular flexibility index (Phi) is 3.04. The number of pyridine rings is 1. The summed E-state index contributed by atoms with van der Waals surface area (Å²) in [5, 5.41) is 2.55. The number of rotatable bonds is 3. The summed E-state index contributed by atoms with van der Waals surface area (Å²) in [6.07, 6.45) is 2.46. The number of hydrogen-bond acceptors (Lipinski definition) is 4. The van der Waals surface area contributed by atoms with Crippen molar-refractivity contribution in [1.29, 1.82) is 0 Å². The van der Waals surface area contributed by atoms with Crippen LogP contribution in [0.1, 0.15) is 16.1 Å². The summed E-state index contributed by atoms with van der Waals surface area (Å²) in [6, 6.07) is 4.47. The van der Waals surface area contributed by atoms with E-state index in [0.29, 0.717) is 5.76 Å². The topological polar surface area (TPSA) is 81.1 Å². The van der Waals surface area contributed by atoms with Crippen molar-refractivity contribution in [3.63, 3.8) is 0 Å². The molecule has 0 bridgehead atoms. The molecule has 2 aromatic heterocycles. The smallest absolute Gasteiger partial charge is 0.255 e. The average Bonchev–Trinajstić information content (AvgIpc) is 2.82. The number of anilines is 1. The van der Waals surface area contributed by atoms with Crippen LogP contribution in [0.3, 0.4) is 0 Å². The lowest BCUT2D eigenvalue weighted by Gasteiger charge is -2.05. The van der Waals surface area contributed by atoms with Crippen LogP contribution in [0.25, 0.3) is 0 Å². The Bertz CT molecular complexity index is 526. The van der Waals surface area contributed by atoms with Crippen molar-refractivity contribution in [3.8, 4) is 0 Å². The van der Waals surface area contributed by atoms with Crippen LogP contribution in [-0.4, -0.2) is 10.9 Å². The molecule has 0 fully saturated rings. The molecular formula is C11H10FN3O2. The molecule has 0 saturated carbocycles. The van der Waals surface area contributed by atoms with Crippen molar-refractivity contribution in [2.45, 2.75) is 6.54 Å². The Morgan fingerprint density at radius 1 is 1.59 bits per heavy atom. The van der Waals surface area contributed by atoms with E-state index in [1.165, 1.54) is 6.26 Å². The lowest BCUT2D eigenvalue weighted by molar-refractivity contribution is 0.0948. The van der Waals surface area contributed by atoms with Gasteiger partial charge in [-0.05, 0) is 18.2 Å². The normalized spacial score (nSPS) is 10.2. The molecule has 0 radical (unpaired) electrons. The van der Waals surface area contributed by atoms with E-state index in [1.807, 2.05) is 0 Å². The zero-order valence-electron chi connectivity index (χ0n) is 8.81. The number of carbonyl (C=O) groups excluding carboxylic acids is 1. The molecule has 88 valence electrons. The van der Waals surface area contributed by atoms with Crippen LogP contribution in [-0.2, 0) is 6.54 Å². The van der Waals surface area contributed by atoms with E-state index in [1.54, 1.807) is 12.1 Å². The SMILES string of the molecule is Nc1ncc(F)cc1C(=O)NCc1ccco1. The number of furan rings is 1. The Labute approximate surface area is 96.4 Å². The van der Waals surface area contributed by atoms with Gasteiger partial charge in [0.15, 0.2) is 0 Å². The highest BCUT2D eigenvalue weighted by Gasteiger charge is 2.12. The van der Waals surface area contributed by atoms with Gasteiger partial charge in [-0.25, -0.2) is 9.37 Å². The van der Waals surface area contributed by atoms with Gasteiger partial charge in [-0.2, -0.15) is 0 Å². The first-order chi connectivity index (χ1) is 8.16. The number of halogens is 1. The summed E-state index contributed by atoms with van der Waals surface area (Å²) in [4.78, 5) is 15.2. The summed E-state index contributed by atoms with van der Waals surface area (Å²) in [5.74, 6) is -0.516. The molecule has 0 spiro atoms. The zero-order valence-corrected chi connectivity index (χ0v) is 8.81. The van der Waals surface area contributed by atoms with E-state index in [9.17, 15) is 9.18 Å². The fourth-order valence-corrected chi connectivity index (χ4v) is 1.31. The molecule has 3 N–H and O–H groups in total. The van der Waals surface area contributed by atoms with E-state index in [2.05, 4.69) is 10.3 Å². The van der Waals surface area contributed by atoms with Gasteiger partial charge in [-0.3, -0.25) is 4.79 Å². The fraction of sp³-hybridized carbons (Fsp3) is 0.0909. The average molecular weight is 235 g/mol. The minimum atomic E-state index is -0.609. The molecular weight excluding hydrogens is 225 g/mol. The number of nitrogens with two attached hydrogens (primary N) is 1. The molecule has 2 aromatic rings. The third-order valence-corrected chi connectivity index (χ3v) is 2.13. The third-order valence-electron chi connectivity index (χ3n) is 2.13. The standard InChI is InChI=1S/C11H10FN3O2/c12-7-4-9(10(13)14-5-7)11(16)15-6-8-2-1-3-17-8/h1-5H,6H2,(H2,13,14)(H,15,16). The molecule has 2 heterocycles. The van der Waals surface area contributed by atoms with Crippen molar-refractivity contribution in [2.24, 2.45) is 0 Å². The van der Waals surface area contributed by atoms with Crippen molar-refractivity contribution in [1.82, 2.24) is 10.3 Å². The molecule has 6 heteroatoms. The first-order valence-electron chi connectivity index (χ1n) is 4.88. The minimum absolute atomic E-state index is 0.0107. The van der Waals surface area contributed by atoms with Gasteiger partial charge in [-0.15, -0.1) is 0 Å². The van der Waals surface area contributed by atoms with Crippen molar-refractivity contribution < 1.29 is 13.6 Å². The lowest BCUT2D eigenvalue weighted by Crippen LogP contribution is -2.24. The van der Waals surface area contributed by atoms with Gasteiger partial charge in [-0.1, -0.05) is 0 Å². The third kappa shape index (κ3) is 2.60. The van der Waals surface area contributed by atoms with Crippen LogP contribution in [0, 0.1) is 5.82 Å². The first kappa shape index (κ1) is 11.1. The first-order valence-corrected chi connectivity index (χ1v) is 4.88. The van der Waals surface area contributed by atoms with Crippen LogP contribution >= 0.6 is 0 Å². The number of carbonyl (C=O) groups is 1. The molecule has 0 unspecified atom stereocenters. The quantitative estimate of drug-likeness (QED) is 0.840. The van der Waals surface area contributed by atoms with E-state index >= 15 is 0 Å². The van der Waals surface area contributed by atoms with E-state index in [0.717, 1.165) is 12.3 Å². The van der Waals surface area contributed by atoms with Gasteiger partial charge in [0, 0.05) is 0 Å². The molecule has 0 saturated heterocycles. The molecule has 1 amide bonds. The molecule has 17 heavy (non-hydrogen) atoms. The molecule has 0 aliphatic carbocycles. The maximum absolute atomic E-state index is 12.9. The molecule has 0 aliphatic rings. The summed E-state index contributed by atoms with van der Waals surface area (Å²) in [5.41, 5.74) is 5.49. The Hall–Kier alpha value is -2.37.